The molecule has 0 aromatic carbocycles. The minimum Gasteiger partial charge on any atom is -0.317 e. The van der Waals surface area contributed by atoms with Crippen LogP contribution in [0.2, 0.25) is 0 Å². The summed E-state index contributed by atoms with van der Waals surface area (Å²) in [5.74, 6) is 2.58. The van der Waals surface area contributed by atoms with Crippen molar-refractivity contribution in [3.8, 4) is 0 Å². The summed E-state index contributed by atoms with van der Waals surface area (Å²) in [4.78, 5) is 5.39. The summed E-state index contributed by atoms with van der Waals surface area (Å²) in [5.41, 5.74) is 0. The molecule has 0 radical (unpaired) electrons. The standard InChI is InChI=1S/C18H37N3/c1-6-16(4)21-9-7-20(8-10-21)13-17-15(3)11-14(2)12-18(17)19-5/h14-19H,6-13H2,1-5H3. The van der Waals surface area contributed by atoms with E-state index in [2.05, 4.69) is 49.9 Å². The second-order valence-electron chi connectivity index (χ2n) is 7.71. The molecule has 5 atom stereocenters. The van der Waals surface area contributed by atoms with Gasteiger partial charge in [0.05, 0.1) is 0 Å². The van der Waals surface area contributed by atoms with Crippen LogP contribution in [0, 0.1) is 17.8 Å². The highest BCUT2D eigenvalue weighted by Gasteiger charge is 2.34. The lowest BCUT2D eigenvalue weighted by Crippen LogP contribution is -2.54. The molecule has 5 unspecified atom stereocenters. The Bertz CT molecular complexity index is 299. The van der Waals surface area contributed by atoms with Crippen LogP contribution in [0.1, 0.15) is 47.0 Å². The average molecular weight is 296 g/mol. The summed E-state index contributed by atoms with van der Waals surface area (Å²) >= 11 is 0. The van der Waals surface area contributed by atoms with Crippen LogP contribution in [0.25, 0.3) is 0 Å². The predicted octanol–water partition coefficient (Wildman–Crippen LogP) is 2.67. The lowest BCUT2D eigenvalue weighted by molar-refractivity contribution is 0.0571. The summed E-state index contributed by atoms with van der Waals surface area (Å²) in [5, 5.41) is 3.60. The fraction of sp³-hybridized carbons (Fsp3) is 1.00. The van der Waals surface area contributed by atoms with Crippen LogP contribution in [-0.4, -0.2) is 61.7 Å². The van der Waals surface area contributed by atoms with E-state index < -0.39 is 0 Å². The lowest BCUT2D eigenvalue weighted by atomic mass is 9.72. The molecule has 1 N–H and O–H groups in total. The highest BCUT2D eigenvalue weighted by molar-refractivity contribution is 4.89. The Balaban J connectivity index is 1.84. The van der Waals surface area contributed by atoms with Gasteiger partial charge >= 0.3 is 0 Å². The van der Waals surface area contributed by atoms with Gasteiger partial charge in [0.15, 0.2) is 0 Å². The smallest absolute Gasteiger partial charge is 0.0113 e. The fourth-order valence-electron chi connectivity index (χ4n) is 4.49. The number of nitrogens with one attached hydrogen (secondary N) is 1. The molecule has 2 aliphatic rings. The third kappa shape index (κ3) is 4.43. The molecule has 0 aromatic rings. The molecule has 1 saturated carbocycles. The van der Waals surface area contributed by atoms with Gasteiger partial charge in [-0.05, 0) is 51.0 Å². The predicted molar refractivity (Wildman–Crippen MR) is 91.7 cm³/mol. The minimum absolute atomic E-state index is 0.719. The first-order valence-electron chi connectivity index (χ1n) is 9.18. The van der Waals surface area contributed by atoms with Gasteiger partial charge < -0.3 is 10.2 Å². The van der Waals surface area contributed by atoms with E-state index in [0.29, 0.717) is 0 Å². The van der Waals surface area contributed by atoms with Crippen LogP contribution in [0.4, 0.5) is 0 Å². The van der Waals surface area contributed by atoms with Crippen LogP contribution >= 0.6 is 0 Å². The zero-order valence-corrected chi connectivity index (χ0v) is 14.9. The molecule has 0 bridgehead atoms. The van der Waals surface area contributed by atoms with Crippen molar-refractivity contribution < 1.29 is 0 Å². The number of hydrogen-bond acceptors (Lipinski definition) is 3. The summed E-state index contributed by atoms with van der Waals surface area (Å²) < 4.78 is 0. The van der Waals surface area contributed by atoms with Crippen LogP contribution in [0.5, 0.6) is 0 Å². The maximum absolute atomic E-state index is 3.60. The molecule has 1 saturated heterocycles. The first-order valence-corrected chi connectivity index (χ1v) is 9.18. The van der Waals surface area contributed by atoms with Crippen molar-refractivity contribution >= 4 is 0 Å². The molecule has 2 rings (SSSR count). The average Bonchev–Trinajstić information content (AvgIpc) is 2.49. The van der Waals surface area contributed by atoms with Crippen molar-refractivity contribution in [1.29, 1.82) is 0 Å². The maximum Gasteiger partial charge on any atom is 0.0113 e. The van der Waals surface area contributed by atoms with E-state index in [4.69, 9.17) is 0 Å². The van der Waals surface area contributed by atoms with Gasteiger partial charge in [0, 0.05) is 44.8 Å². The number of rotatable bonds is 5. The van der Waals surface area contributed by atoms with Crippen molar-refractivity contribution in [1.82, 2.24) is 15.1 Å². The Morgan fingerprint density at radius 2 is 1.76 bits per heavy atom. The van der Waals surface area contributed by atoms with Crippen molar-refractivity contribution in [2.75, 3.05) is 39.8 Å². The van der Waals surface area contributed by atoms with Crippen LogP contribution in [0.15, 0.2) is 0 Å². The first kappa shape index (κ1) is 17.2. The normalized spacial score (nSPS) is 37.6. The Hall–Kier alpha value is -0.120. The summed E-state index contributed by atoms with van der Waals surface area (Å²) in [6.07, 6.45) is 4.05. The Morgan fingerprint density at radius 1 is 1.10 bits per heavy atom. The van der Waals surface area contributed by atoms with Crippen molar-refractivity contribution in [2.24, 2.45) is 17.8 Å². The molecule has 1 aliphatic heterocycles. The van der Waals surface area contributed by atoms with Gasteiger partial charge in [-0.15, -0.1) is 0 Å². The van der Waals surface area contributed by atoms with Gasteiger partial charge in [-0.25, -0.2) is 0 Å². The van der Waals surface area contributed by atoms with E-state index in [1.807, 2.05) is 0 Å². The lowest BCUT2D eigenvalue weighted by Gasteiger charge is -2.44. The first-order chi connectivity index (χ1) is 10.0. The molecule has 3 heteroatoms. The molecule has 0 amide bonds. The molecule has 124 valence electrons. The van der Waals surface area contributed by atoms with Crippen LogP contribution < -0.4 is 5.32 Å². The maximum atomic E-state index is 3.60. The second-order valence-corrected chi connectivity index (χ2v) is 7.71. The zero-order chi connectivity index (χ0) is 15.4. The van der Waals surface area contributed by atoms with E-state index in [9.17, 15) is 0 Å². The molecule has 1 heterocycles. The van der Waals surface area contributed by atoms with Gasteiger partial charge in [0.25, 0.3) is 0 Å². The van der Waals surface area contributed by atoms with Crippen molar-refractivity contribution in [2.45, 2.75) is 59.0 Å². The zero-order valence-electron chi connectivity index (χ0n) is 14.9. The topological polar surface area (TPSA) is 18.5 Å². The van der Waals surface area contributed by atoms with E-state index in [-0.39, 0.29) is 0 Å². The van der Waals surface area contributed by atoms with E-state index in [0.717, 1.165) is 29.8 Å². The largest absolute Gasteiger partial charge is 0.317 e. The van der Waals surface area contributed by atoms with E-state index >= 15 is 0 Å². The number of hydrogen-bond donors (Lipinski definition) is 1. The number of piperazine rings is 1. The van der Waals surface area contributed by atoms with Crippen LogP contribution in [-0.2, 0) is 0 Å². The third-order valence-electron chi connectivity index (χ3n) is 6.14. The van der Waals surface area contributed by atoms with E-state index in [1.54, 1.807) is 0 Å². The highest BCUT2D eigenvalue weighted by Crippen LogP contribution is 2.34. The molecule has 1 aliphatic carbocycles. The van der Waals surface area contributed by atoms with Gasteiger partial charge in [-0.3, -0.25) is 4.90 Å². The third-order valence-corrected chi connectivity index (χ3v) is 6.14. The van der Waals surface area contributed by atoms with Crippen LogP contribution in [0.3, 0.4) is 0 Å². The number of nitrogens with zero attached hydrogens (tertiary/aromatic N) is 2. The minimum atomic E-state index is 0.719. The molecule has 0 aromatic heterocycles. The molecular formula is C18H37N3. The van der Waals surface area contributed by atoms with Gasteiger partial charge in [-0.1, -0.05) is 20.8 Å². The Morgan fingerprint density at radius 3 is 2.33 bits per heavy atom. The quantitative estimate of drug-likeness (QED) is 0.841. The highest BCUT2D eigenvalue weighted by atomic mass is 15.3. The SMILES string of the molecule is CCC(C)N1CCN(CC2C(C)CC(C)CC2NC)CC1. The summed E-state index contributed by atoms with van der Waals surface area (Å²) in [7, 11) is 2.16. The molecule has 3 nitrogen and oxygen atoms in total. The monoisotopic (exact) mass is 295 g/mol. The Labute approximate surface area is 132 Å². The molecule has 21 heavy (non-hydrogen) atoms. The summed E-state index contributed by atoms with van der Waals surface area (Å²) in [6.45, 7) is 15.9. The van der Waals surface area contributed by atoms with Gasteiger partial charge in [-0.2, -0.15) is 0 Å². The molecule has 2 fully saturated rings. The molecular weight excluding hydrogens is 258 g/mol. The molecule has 0 spiro atoms. The fourth-order valence-corrected chi connectivity index (χ4v) is 4.49. The van der Waals surface area contributed by atoms with Gasteiger partial charge in [0.2, 0.25) is 0 Å². The van der Waals surface area contributed by atoms with Gasteiger partial charge in [0.1, 0.15) is 0 Å². The van der Waals surface area contributed by atoms with E-state index in [1.165, 1.54) is 52.0 Å². The second kappa shape index (κ2) is 7.94. The summed E-state index contributed by atoms with van der Waals surface area (Å²) in [6, 6.07) is 1.48. The van der Waals surface area contributed by atoms with Crippen molar-refractivity contribution in [3.63, 3.8) is 0 Å². The Kier molecular flexibility index (Phi) is 6.51. The van der Waals surface area contributed by atoms with Crippen molar-refractivity contribution in [3.05, 3.63) is 0 Å².